The summed E-state index contributed by atoms with van der Waals surface area (Å²) in [5, 5.41) is 3.40. The van der Waals surface area contributed by atoms with Gasteiger partial charge in [-0.2, -0.15) is 0 Å². The van der Waals surface area contributed by atoms with E-state index in [0.29, 0.717) is 10.6 Å². The van der Waals surface area contributed by atoms with Crippen molar-refractivity contribution in [3.05, 3.63) is 126 Å². The Bertz CT molecular complexity index is 1130. The molecule has 0 aliphatic heterocycles. The molecule has 0 aliphatic carbocycles. The number of halogens is 1. The van der Waals surface area contributed by atoms with Crippen LogP contribution in [0.5, 0.6) is 0 Å². The SMILES string of the molecule is COC(=O)C(C(=O)c1ccc(Cl)cc1)[PH](c1ccccc1)(c1ccccc1)c1ccccc1. The van der Waals surface area contributed by atoms with Crippen LogP contribution in [-0.4, -0.2) is 24.5 Å². The molecule has 0 saturated carbocycles. The molecule has 0 spiro atoms. The topological polar surface area (TPSA) is 43.4 Å². The van der Waals surface area contributed by atoms with E-state index in [1.165, 1.54) is 7.11 Å². The van der Waals surface area contributed by atoms with E-state index >= 15 is 0 Å². The molecule has 4 aromatic rings. The van der Waals surface area contributed by atoms with Gasteiger partial charge in [0, 0.05) is 0 Å². The molecule has 0 aromatic heterocycles. The summed E-state index contributed by atoms with van der Waals surface area (Å²) in [6.07, 6.45) is 0. The molecule has 3 nitrogen and oxygen atoms in total. The number of Topliss-reactive ketones (excluding diaryl/α,β-unsaturated/α-hetero) is 1. The third kappa shape index (κ3) is 4.35. The number of esters is 1. The minimum atomic E-state index is -3.25. The number of rotatable bonds is 7. The molecule has 0 heterocycles. The minimum absolute atomic E-state index is 0.276. The summed E-state index contributed by atoms with van der Waals surface area (Å²) in [7, 11) is -1.92. The Labute approximate surface area is 199 Å². The molecule has 4 aromatic carbocycles. The van der Waals surface area contributed by atoms with Gasteiger partial charge < -0.3 is 0 Å². The van der Waals surface area contributed by atoms with Gasteiger partial charge in [-0.15, -0.1) is 0 Å². The fourth-order valence-corrected chi connectivity index (χ4v) is 9.79. The molecular formula is C28H24ClO3P. The third-order valence-electron chi connectivity index (χ3n) is 5.95. The first-order valence-electron chi connectivity index (χ1n) is 10.6. The third-order valence-corrected chi connectivity index (χ3v) is 11.3. The van der Waals surface area contributed by atoms with Gasteiger partial charge in [0.05, 0.1) is 0 Å². The summed E-state index contributed by atoms with van der Waals surface area (Å²) in [5.41, 5.74) is -0.606. The zero-order valence-corrected chi connectivity index (χ0v) is 19.9. The molecule has 5 heteroatoms. The van der Waals surface area contributed by atoms with Gasteiger partial charge in [0.1, 0.15) is 0 Å². The van der Waals surface area contributed by atoms with Gasteiger partial charge in [-0.3, -0.25) is 0 Å². The maximum atomic E-state index is 14.1. The molecule has 0 amide bonds. The molecule has 0 radical (unpaired) electrons. The van der Waals surface area contributed by atoms with Crippen LogP contribution in [0.25, 0.3) is 0 Å². The van der Waals surface area contributed by atoms with E-state index in [2.05, 4.69) is 0 Å². The summed E-state index contributed by atoms with van der Waals surface area (Å²) in [5.74, 6) is -0.820. The first-order valence-corrected chi connectivity index (χ1v) is 13.1. The summed E-state index contributed by atoms with van der Waals surface area (Å²) in [4.78, 5) is 27.6. The second-order valence-electron chi connectivity index (χ2n) is 7.73. The van der Waals surface area contributed by atoms with Crippen LogP contribution in [0.4, 0.5) is 0 Å². The monoisotopic (exact) mass is 474 g/mol. The van der Waals surface area contributed by atoms with Gasteiger partial charge in [-0.1, -0.05) is 0 Å². The predicted octanol–water partition coefficient (Wildman–Crippen LogP) is 4.79. The number of carbonyl (C=O) groups is 2. The van der Waals surface area contributed by atoms with Gasteiger partial charge in [-0.05, 0) is 0 Å². The zero-order chi connectivity index (χ0) is 23.3. The van der Waals surface area contributed by atoms with Crippen molar-refractivity contribution in [1.82, 2.24) is 0 Å². The van der Waals surface area contributed by atoms with Gasteiger partial charge in [-0.25, -0.2) is 0 Å². The molecule has 1 atom stereocenters. The molecule has 0 bridgehead atoms. The summed E-state index contributed by atoms with van der Waals surface area (Å²) in [6, 6.07) is 36.2. The number of ketones is 1. The molecule has 0 fully saturated rings. The average molecular weight is 475 g/mol. The second kappa shape index (κ2) is 10.1. The summed E-state index contributed by atoms with van der Waals surface area (Å²) in [6.45, 7) is 0. The zero-order valence-electron chi connectivity index (χ0n) is 18.1. The van der Waals surface area contributed by atoms with Crippen LogP contribution < -0.4 is 15.9 Å². The van der Waals surface area contributed by atoms with E-state index in [9.17, 15) is 9.59 Å². The first kappa shape index (κ1) is 22.9. The molecule has 0 N–H and O–H groups in total. The van der Waals surface area contributed by atoms with Crippen molar-refractivity contribution < 1.29 is 14.3 Å². The van der Waals surface area contributed by atoms with Crippen LogP contribution >= 0.6 is 18.9 Å². The summed E-state index contributed by atoms with van der Waals surface area (Å²) >= 11 is 6.07. The number of hydrogen-bond acceptors (Lipinski definition) is 3. The van der Waals surface area contributed by atoms with Crippen LogP contribution in [0, 0.1) is 0 Å². The van der Waals surface area contributed by atoms with Crippen molar-refractivity contribution in [1.29, 1.82) is 0 Å². The van der Waals surface area contributed by atoms with Gasteiger partial charge in [0.15, 0.2) is 0 Å². The number of carbonyl (C=O) groups excluding carboxylic acids is 2. The van der Waals surface area contributed by atoms with Crippen LogP contribution in [0.3, 0.4) is 0 Å². The van der Waals surface area contributed by atoms with Gasteiger partial charge in [0.2, 0.25) is 0 Å². The average Bonchev–Trinajstić information content (AvgIpc) is 2.88. The molecular weight excluding hydrogens is 451 g/mol. The Kier molecular flexibility index (Phi) is 7.03. The van der Waals surface area contributed by atoms with E-state index in [0.717, 1.165) is 15.9 Å². The fourth-order valence-electron chi connectivity index (χ4n) is 4.48. The van der Waals surface area contributed by atoms with Crippen molar-refractivity contribution >= 4 is 46.5 Å². The number of benzene rings is 4. The normalized spacial score (nSPS) is 12.5. The second-order valence-corrected chi connectivity index (χ2v) is 12.1. The Morgan fingerprint density at radius 1 is 0.667 bits per heavy atom. The van der Waals surface area contributed by atoms with Crippen molar-refractivity contribution in [3.8, 4) is 0 Å². The van der Waals surface area contributed by atoms with E-state index in [-0.39, 0.29) is 5.78 Å². The van der Waals surface area contributed by atoms with Crippen LogP contribution in [-0.2, 0) is 9.53 Å². The predicted molar refractivity (Wildman–Crippen MR) is 138 cm³/mol. The van der Waals surface area contributed by atoms with Crippen molar-refractivity contribution in [2.45, 2.75) is 5.66 Å². The number of methoxy groups -OCH3 is 1. The Hall–Kier alpha value is -3.26. The molecule has 0 saturated heterocycles. The Balaban J connectivity index is 2.10. The van der Waals surface area contributed by atoms with Crippen LogP contribution in [0.2, 0.25) is 5.02 Å². The maximum absolute atomic E-state index is 14.1. The van der Waals surface area contributed by atoms with Crippen molar-refractivity contribution in [3.63, 3.8) is 0 Å². The van der Waals surface area contributed by atoms with E-state index < -0.39 is 18.9 Å². The molecule has 166 valence electrons. The van der Waals surface area contributed by atoms with Gasteiger partial charge in [0.25, 0.3) is 0 Å². The first-order chi connectivity index (χ1) is 16.1. The number of ether oxygens (including phenoxy) is 1. The van der Waals surface area contributed by atoms with Crippen LogP contribution in [0.15, 0.2) is 115 Å². The standard InChI is InChI=1S/C28H24ClO3P/c1-32-28(31)27(26(30)21-17-19-22(29)20-18-21)33(23-11-5-2-6-12-23,24-13-7-3-8-14-24)25-15-9-4-10-16-25/h2-20,27,33H,1H3. The molecule has 33 heavy (non-hydrogen) atoms. The van der Waals surface area contributed by atoms with E-state index in [1.807, 2.05) is 91.0 Å². The quantitative estimate of drug-likeness (QED) is 0.167. The van der Waals surface area contributed by atoms with Crippen molar-refractivity contribution in [2.24, 2.45) is 0 Å². The molecule has 0 aliphatic rings. The number of hydrogen-bond donors (Lipinski definition) is 0. The van der Waals surface area contributed by atoms with Gasteiger partial charge >= 0.3 is 199 Å². The van der Waals surface area contributed by atoms with Crippen LogP contribution in [0.1, 0.15) is 10.4 Å². The Morgan fingerprint density at radius 2 is 1.06 bits per heavy atom. The van der Waals surface area contributed by atoms with E-state index in [1.54, 1.807) is 24.3 Å². The fraction of sp³-hybridized carbons (Fsp3) is 0.0714. The Morgan fingerprint density at radius 3 is 1.42 bits per heavy atom. The van der Waals surface area contributed by atoms with Crippen molar-refractivity contribution in [2.75, 3.05) is 7.11 Å². The molecule has 4 rings (SSSR count). The summed E-state index contributed by atoms with van der Waals surface area (Å²) < 4.78 is 5.30. The van der Waals surface area contributed by atoms with E-state index in [4.69, 9.17) is 16.3 Å². The molecule has 1 unspecified atom stereocenters.